The molecule has 142 valence electrons. The third-order valence-electron chi connectivity index (χ3n) is 4.03. The number of hydrogen-bond acceptors (Lipinski definition) is 2. The molecular formula is C20H28IN3OS. The Bertz CT molecular complexity index is 722. The van der Waals surface area contributed by atoms with Crippen LogP contribution in [0.2, 0.25) is 0 Å². The molecule has 0 aliphatic rings. The van der Waals surface area contributed by atoms with Gasteiger partial charge in [0.1, 0.15) is 0 Å². The summed E-state index contributed by atoms with van der Waals surface area (Å²) in [4.78, 5) is 6.41. The van der Waals surface area contributed by atoms with Crippen molar-refractivity contribution in [1.29, 1.82) is 0 Å². The summed E-state index contributed by atoms with van der Waals surface area (Å²) in [6, 6.07) is 18.3. The number of hydrogen-bond donors (Lipinski definition) is 1. The van der Waals surface area contributed by atoms with Crippen molar-refractivity contribution in [2.45, 2.75) is 19.2 Å². The normalized spacial score (nSPS) is 12.2. The maximum absolute atomic E-state index is 12.2. The molecule has 4 nitrogen and oxygen atoms in total. The zero-order valence-corrected chi connectivity index (χ0v) is 18.8. The highest BCUT2D eigenvalue weighted by atomic mass is 127. The van der Waals surface area contributed by atoms with Crippen molar-refractivity contribution in [1.82, 2.24) is 10.2 Å². The van der Waals surface area contributed by atoms with Crippen LogP contribution in [0.15, 0.2) is 59.6 Å². The summed E-state index contributed by atoms with van der Waals surface area (Å²) in [7, 11) is 2.91. The van der Waals surface area contributed by atoms with Gasteiger partial charge in [-0.25, -0.2) is 0 Å². The zero-order valence-electron chi connectivity index (χ0n) is 15.6. The maximum Gasteiger partial charge on any atom is 0.193 e. The van der Waals surface area contributed by atoms with Gasteiger partial charge in [0.05, 0.1) is 0 Å². The Morgan fingerprint density at radius 1 is 1.12 bits per heavy atom. The molecule has 0 aliphatic carbocycles. The van der Waals surface area contributed by atoms with E-state index >= 15 is 0 Å². The molecule has 0 bridgehead atoms. The summed E-state index contributed by atoms with van der Waals surface area (Å²) in [5, 5.41) is 3.31. The number of nitrogens with zero attached hydrogens (tertiary/aromatic N) is 2. The SMILES string of the molecule is CN=C(NCCS(=O)Cc1ccccc1)N(C)Cc1ccccc1C.I. The number of aryl methyl sites for hydroxylation is 1. The van der Waals surface area contributed by atoms with Crippen molar-refractivity contribution in [2.24, 2.45) is 4.99 Å². The molecule has 2 aromatic rings. The molecule has 1 N–H and O–H groups in total. The van der Waals surface area contributed by atoms with Crippen molar-refractivity contribution in [3.8, 4) is 0 Å². The van der Waals surface area contributed by atoms with Gasteiger partial charge >= 0.3 is 0 Å². The van der Waals surface area contributed by atoms with Crippen LogP contribution in [-0.4, -0.2) is 41.5 Å². The lowest BCUT2D eigenvalue weighted by molar-refractivity contribution is 0.478. The number of halogens is 1. The standard InChI is InChI=1S/C20H27N3OS.HI/c1-17-9-7-8-12-19(17)15-23(3)20(21-2)22-13-14-25(24)16-18-10-5-4-6-11-18;/h4-12H,13-16H2,1-3H3,(H,21,22);1H. The minimum atomic E-state index is -0.880. The molecule has 0 aromatic heterocycles. The lowest BCUT2D eigenvalue weighted by Gasteiger charge is -2.23. The van der Waals surface area contributed by atoms with Gasteiger partial charge in [-0.05, 0) is 23.6 Å². The van der Waals surface area contributed by atoms with E-state index in [0.717, 1.165) is 18.1 Å². The molecule has 0 spiro atoms. The molecule has 0 saturated carbocycles. The second kappa shape index (κ2) is 12.1. The fourth-order valence-electron chi connectivity index (χ4n) is 2.61. The molecule has 0 amide bonds. The smallest absolute Gasteiger partial charge is 0.193 e. The molecule has 0 fully saturated rings. The van der Waals surface area contributed by atoms with E-state index in [-0.39, 0.29) is 24.0 Å². The van der Waals surface area contributed by atoms with Crippen LogP contribution in [0.25, 0.3) is 0 Å². The highest BCUT2D eigenvalue weighted by Gasteiger charge is 2.08. The van der Waals surface area contributed by atoms with Crippen LogP contribution < -0.4 is 5.32 Å². The van der Waals surface area contributed by atoms with E-state index in [9.17, 15) is 4.21 Å². The van der Waals surface area contributed by atoms with Gasteiger partial charge in [0, 0.05) is 49.5 Å². The molecular weight excluding hydrogens is 457 g/mol. The highest BCUT2D eigenvalue weighted by Crippen LogP contribution is 2.09. The van der Waals surface area contributed by atoms with E-state index in [0.29, 0.717) is 18.1 Å². The first-order chi connectivity index (χ1) is 12.1. The topological polar surface area (TPSA) is 44.7 Å². The molecule has 1 unspecified atom stereocenters. The number of benzene rings is 2. The fourth-order valence-corrected chi connectivity index (χ4v) is 3.65. The number of rotatable bonds is 7. The minimum Gasteiger partial charge on any atom is -0.355 e. The maximum atomic E-state index is 12.2. The van der Waals surface area contributed by atoms with E-state index in [1.807, 2.05) is 43.4 Å². The molecule has 26 heavy (non-hydrogen) atoms. The lowest BCUT2D eigenvalue weighted by atomic mass is 10.1. The highest BCUT2D eigenvalue weighted by molar-refractivity contribution is 14.0. The van der Waals surface area contributed by atoms with Crippen molar-refractivity contribution in [2.75, 3.05) is 26.4 Å². The van der Waals surface area contributed by atoms with Gasteiger partial charge in [0.15, 0.2) is 5.96 Å². The van der Waals surface area contributed by atoms with Crippen LogP contribution in [0.1, 0.15) is 16.7 Å². The minimum absolute atomic E-state index is 0. The average Bonchev–Trinajstić information content (AvgIpc) is 2.61. The van der Waals surface area contributed by atoms with Crippen molar-refractivity contribution in [3.63, 3.8) is 0 Å². The molecule has 2 aromatic carbocycles. The second-order valence-electron chi connectivity index (χ2n) is 6.03. The van der Waals surface area contributed by atoms with Crippen LogP contribution in [0.5, 0.6) is 0 Å². The number of aliphatic imine (C=N–C) groups is 1. The Hall–Kier alpha value is -1.41. The van der Waals surface area contributed by atoms with Crippen LogP contribution >= 0.6 is 24.0 Å². The Morgan fingerprint density at radius 2 is 1.77 bits per heavy atom. The average molecular weight is 485 g/mol. The van der Waals surface area contributed by atoms with E-state index in [4.69, 9.17) is 0 Å². The van der Waals surface area contributed by atoms with Gasteiger partial charge in [0.25, 0.3) is 0 Å². The Labute approximate surface area is 176 Å². The third-order valence-corrected chi connectivity index (χ3v) is 5.34. The molecule has 1 atom stereocenters. The summed E-state index contributed by atoms with van der Waals surface area (Å²) in [6.45, 7) is 3.55. The predicted molar refractivity (Wildman–Crippen MR) is 123 cm³/mol. The summed E-state index contributed by atoms with van der Waals surface area (Å²) in [6.07, 6.45) is 0. The first-order valence-corrected chi connectivity index (χ1v) is 9.94. The van der Waals surface area contributed by atoms with Gasteiger partial charge in [-0.2, -0.15) is 0 Å². The molecule has 0 saturated heterocycles. The Morgan fingerprint density at radius 3 is 2.42 bits per heavy atom. The van der Waals surface area contributed by atoms with E-state index in [1.165, 1.54) is 11.1 Å². The van der Waals surface area contributed by atoms with Gasteiger partial charge in [-0.1, -0.05) is 54.6 Å². The van der Waals surface area contributed by atoms with Crippen LogP contribution in [0.4, 0.5) is 0 Å². The number of nitrogens with one attached hydrogen (secondary N) is 1. The van der Waals surface area contributed by atoms with Crippen LogP contribution in [0, 0.1) is 6.92 Å². The van der Waals surface area contributed by atoms with E-state index in [1.54, 1.807) is 7.05 Å². The quantitative estimate of drug-likeness (QED) is 0.371. The molecule has 6 heteroatoms. The first kappa shape index (κ1) is 22.6. The Balaban J connectivity index is 0.00000338. The van der Waals surface area contributed by atoms with E-state index < -0.39 is 10.8 Å². The molecule has 0 radical (unpaired) electrons. The van der Waals surface area contributed by atoms with Crippen molar-refractivity contribution < 1.29 is 4.21 Å². The summed E-state index contributed by atoms with van der Waals surface area (Å²) >= 11 is 0. The van der Waals surface area contributed by atoms with Crippen LogP contribution in [0.3, 0.4) is 0 Å². The molecule has 0 aliphatic heterocycles. The third kappa shape index (κ3) is 7.45. The van der Waals surface area contributed by atoms with E-state index in [2.05, 4.69) is 40.3 Å². The number of guanidine groups is 1. The van der Waals surface area contributed by atoms with Gasteiger partial charge in [0.2, 0.25) is 0 Å². The zero-order chi connectivity index (χ0) is 18.1. The molecule has 0 heterocycles. The monoisotopic (exact) mass is 485 g/mol. The van der Waals surface area contributed by atoms with Crippen molar-refractivity contribution >= 4 is 40.7 Å². The Kier molecular flexibility index (Phi) is 10.5. The summed E-state index contributed by atoms with van der Waals surface area (Å²) in [5.41, 5.74) is 3.66. The van der Waals surface area contributed by atoms with Crippen LogP contribution in [-0.2, 0) is 23.1 Å². The molecule has 2 rings (SSSR count). The largest absolute Gasteiger partial charge is 0.355 e. The van der Waals surface area contributed by atoms with Gasteiger partial charge in [-0.3, -0.25) is 9.20 Å². The van der Waals surface area contributed by atoms with Gasteiger partial charge in [-0.15, -0.1) is 24.0 Å². The lowest BCUT2D eigenvalue weighted by Crippen LogP contribution is -2.40. The first-order valence-electron chi connectivity index (χ1n) is 8.45. The second-order valence-corrected chi connectivity index (χ2v) is 7.61. The fraction of sp³-hybridized carbons (Fsp3) is 0.350. The van der Waals surface area contributed by atoms with Crippen molar-refractivity contribution in [3.05, 3.63) is 71.3 Å². The summed E-state index contributed by atoms with van der Waals surface area (Å²) in [5.74, 6) is 2.02. The predicted octanol–water partition coefficient (Wildman–Crippen LogP) is 3.57. The van der Waals surface area contributed by atoms with Gasteiger partial charge < -0.3 is 10.2 Å². The summed E-state index contributed by atoms with van der Waals surface area (Å²) < 4.78 is 12.2.